The lowest BCUT2D eigenvalue weighted by molar-refractivity contribution is -0.151. The fourth-order valence-corrected chi connectivity index (χ4v) is 6.72. The summed E-state index contributed by atoms with van der Waals surface area (Å²) in [7, 11) is 0. The predicted molar refractivity (Wildman–Crippen MR) is 91.9 cm³/mol. The molecule has 2 fully saturated rings. The first-order valence-corrected chi connectivity index (χ1v) is 9.61. The normalized spacial score (nSPS) is 49.0. The van der Waals surface area contributed by atoms with Crippen LogP contribution in [0.5, 0.6) is 0 Å². The van der Waals surface area contributed by atoms with Crippen molar-refractivity contribution in [1.82, 2.24) is 0 Å². The van der Waals surface area contributed by atoms with Crippen molar-refractivity contribution in [1.29, 1.82) is 0 Å². The minimum atomic E-state index is -0.565. The Labute approximate surface area is 140 Å². The molecule has 0 amide bonds. The molecule has 0 spiro atoms. The molecule has 0 aromatic heterocycles. The topological polar surface area (TPSA) is 37.3 Å². The van der Waals surface area contributed by atoms with Gasteiger partial charge in [0.25, 0.3) is 0 Å². The second-order valence-corrected chi connectivity index (χ2v) is 8.68. The summed E-state index contributed by atoms with van der Waals surface area (Å²) in [5, 5.41) is 11.2. The van der Waals surface area contributed by atoms with Gasteiger partial charge in [-0.25, -0.2) is 0 Å². The van der Waals surface area contributed by atoms with E-state index in [-0.39, 0.29) is 5.41 Å². The SMILES string of the molecule is CC[C@]12CC[C@H]3[C@@H](CCC4=CC(=O)CC[C@@H]43)[C@@H]1C=CC[C@]2(C)O. The highest BCUT2D eigenvalue weighted by atomic mass is 16.3. The zero-order valence-electron chi connectivity index (χ0n) is 14.6. The van der Waals surface area contributed by atoms with Crippen LogP contribution in [0.15, 0.2) is 23.8 Å². The summed E-state index contributed by atoms with van der Waals surface area (Å²) in [6.07, 6.45) is 15.0. The van der Waals surface area contributed by atoms with Gasteiger partial charge in [0.2, 0.25) is 0 Å². The van der Waals surface area contributed by atoms with Gasteiger partial charge >= 0.3 is 0 Å². The number of allylic oxidation sites excluding steroid dienone is 3. The summed E-state index contributed by atoms with van der Waals surface area (Å²) in [6, 6.07) is 0. The molecule has 2 nitrogen and oxygen atoms in total. The first kappa shape index (κ1) is 15.6. The van der Waals surface area contributed by atoms with Gasteiger partial charge in [0.1, 0.15) is 0 Å². The highest BCUT2D eigenvalue weighted by molar-refractivity contribution is 5.91. The zero-order valence-corrected chi connectivity index (χ0v) is 14.6. The van der Waals surface area contributed by atoms with E-state index in [1.807, 2.05) is 6.08 Å². The Balaban J connectivity index is 1.69. The van der Waals surface area contributed by atoms with Crippen molar-refractivity contribution >= 4 is 5.78 Å². The standard InChI is InChI=1S/C21H30O2/c1-3-21-12-10-17-16-9-7-15(22)13-14(16)6-8-18(17)19(21)5-4-11-20(21,2)23/h4-5,13,16-19,23H,3,6-12H2,1-2H3/t16-,17+,18+,19-,20-,21-/m0/s1. The molecule has 0 bridgehead atoms. The molecule has 4 aliphatic carbocycles. The third-order valence-electron chi connectivity index (χ3n) is 7.94. The molecule has 4 aliphatic rings. The Morgan fingerprint density at radius 1 is 1.22 bits per heavy atom. The predicted octanol–water partition coefficient (Wildman–Crippen LogP) is 4.44. The van der Waals surface area contributed by atoms with Gasteiger partial charge in [0.15, 0.2) is 5.78 Å². The Kier molecular flexibility index (Phi) is 3.61. The van der Waals surface area contributed by atoms with Gasteiger partial charge in [0, 0.05) is 11.8 Å². The van der Waals surface area contributed by atoms with Crippen LogP contribution in [0.3, 0.4) is 0 Å². The lowest BCUT2D eigenvalue weighted by Gasteiger charge is -2.61. The van der Waals surface area contributed by atoms with E-state index in [0.29, 0.717) is 23.5 Å². The molecule has 0 heterocycles. The average Bonchev–Trinajstić information content (AvgIpc) is 2.53. The molecule has 2 saturated carbocycles. The number of carbonyl (C=O) groups is 1. The van der Waals surface area contributed by atoms with Gasteiger partial charge in [-0.1, -0.05) is 24.6 Å². The van der Waals surface area contributed by atoms with Crippen LogP contribution in [-0.2, 0) is 4.79 Å². The van der Waals surface area contributed by atoms with Crippen molar-refractivity contribution in [2.24, 2.45) is 29.1 Å². The largest absolute Gasteiger partial charge is 0.389 e. The van der Waals surface area contributed by atoms with Crippen molar-refractivity contribution in [3.05, 3.63) is 23.8 Å². The molecule has 1 N–H and O–H groups in total. The second-order valence-electron chi connectivity index (χ2n) is 8.68. The number of hydrogen-bond acceptors (Lipinski definition) is 2. The molecule has 0 radical (unpaired) electrons. The molecule has 0 unspecified atom stereocenters. The molecule has 23 heavy (non-hydrogen) atoms. The lowest BCUT2D eigenvalue weighted by Crippen LogP contribution is -2.58. The second kappa shape index (κ2) is 5.31. The van der Waals surface area contributed by atoms with E-state index in [9.17, 15) is 9.90 Å². The van der Waals surface area contributed by atoms with Crippen LogP contribution in [0.1, 0.15) is 65.2 Å². The summed E-state index contributed by atoms with van der Waals surface area (Å²) in [5.41, 5.74) is 0.942. The van der Waals surface area contributed by atoms with E-state index in [1.54, 1.807) is 0 Å². The first-order chi connectivity index (χ1) is 11.0. The van der Waals surface area contributed by atoms with E-state index >= 15 is 0 Å². The maximum atomic E-state index is 11.8. The van der Waals surface area contributed by atoms with Crippen LogP contribution in [0.25, 0.3) is 0 Å². The number of carbonyl (C=O) groups excluding carboxylic acids is 1. The van der Waals surface area contributed by atoms with Gasteiger partial charge in [-0.3, -0.25) is 4.79 Å². The van der Waals surface area contributed by atoms with E-state index in [4.69, 9.17) is 0 Å². The minimum absolute atomic E-state index is 0.0641. The zero-order chi connectivity index (χ0) is 16.2. The molecule has 0 aliphatic heterocycles. The van der Waals surface area contributed by atoms with Crippen LogP contribution >= 0.6 is 0 Å². The number of rotatable bonds is 1. The highest BCUT2D eigenvalue weighted by Gasteiger charge is 2.58. The Hall–Kier alpha value is -0.890. The van der Waals surface area contributed by atoms with Crippen LogP contribution in [0.2, 0.25) is 0 Å². The van der Waals surface area contributed by atoms with Gasteiger partial charge in [-0.15, -0.1) is 0 Å². The molecule has 0 saturated heterocycles. The van der Waals surface area contributed by atoms with E-state index < -0.39 is 5.60 Å². The smallest absolute Gasteiger partial charge is 0.155 e. The van der Waals surface area contributed by atoms with Crippen LogP contribution < -0.4 is 0 Å². The van der Waals surface area contributed by atoms with Crippen LogP contribution in [0.4, 0.5) is 0 Å². The first-order valence-electron chi connectivity index (χ1n) is 9.61. The molecule has 126 valence electrons. The summed E-state index contributed by atoms with van der Waals surface area (Å²) < 4.78 is 0. The van der Waals surface area contributed by atoms with Crippen molar-refractivity contribution in [2.45, 2.75) is 70.8 Å². The van der Waals surface area contributed by atoms with E-state index in [1.165, 1.54) is 18.4 Å². The van der Waals surface area contributed by atoms with Crippen molar-refractivity contribution < 1.29 is 9.90 Å². The van der Waals surface area contributed by atoms with Crippen molar-refractivity contribution in [2.75, 3.05) is 0 Å². The van der Waals surface area contributed by atoms with Crippen LogP contribution in [0, 0.1) is 29.1 Å². The molecule has 0 aromatic rings. The van der Waals surface area contributed by atoms with Gasteiger partial charge in [-0.2, -0.15) is 0 Å². The fourth-order valence-electron chi connectivity index (χ4n) is 6.72. The number of ketones is 1. The Morgan fingerprint density at radius 2 is 2.04 bits per heavy atom. The third-order valence-corrected chi connectivity index (χ3v) is 7.94. The third kappa shape index (κ3) is 2.13. The Morgan fingerprint density at radius 3 is 2.83 bits per heavy atom. The minimum Gasteiger partial charge on any atom is -0.389 e. The Bertz CT molecular complexity index is 570. The van der Waals surface area contributed by atoms with Gasteiger partial charge in [-0.05, 0) is 81.6 Å². The number of hydrogen-bond donors (Lipinski definition) is 1. The van der Waals surface area contributed by atoms with E-state index in [2.05, 4.69) is 26.0 Å². The maximum Gasteiger partial charge on any atom is 0.155 e. The van der Waals surface area contributed by atoms with E-state index in [0.717, 1.165) is 44.4 Å². The maximum absolute atomic E-state index is 11.8. The molecule has 2 heteroatoms. The molecule has 4 rings (SSSR count). The summed E-state index contributed by atoms with van der Waals surface area (Å²) >= 11 is 0. The molecular weight excluding hydrogens is 284 g/mol. The fraction of sp³-hybridized carbons (Fsp3) is 0.762. The van der Waals surface area contributed by atoms with Crippen molar-refractivity contribution in [3.8, 4) is 0 Å². The van der Waals surface area contributed by atoms with Crippen molar-refractivity contribution in [3.63, 3.8) is 0 Å². The molecule has 0 aromatic carbocycles. The van der Waals surface area contributed by atoms with Gasteiger partial charge in [0.05, 0.1) is 5.60 Å². The summed E-state index contributed by atoms with van der Waals surface area (Å²) in [6.45, 7) is 4.34. The lowest BCUT2D eigenvalue weighted by atomic mass is 9.45. The van der Waals surface area contributed by atoms with Gasteiger partial charge < -0.3 is 5.11 Å². The summed E-state index contributed by atoms with van der Waals surface area (Å²) in [5.74, 6) is 2.93. The molecule has 6 atom stereocenters. The highest BCUT2D eigenvalue weighted by Crippen LogP contribution is 2.62. The quantitative estimate of drug-likeness (QED) is 0.727. The van der Waals surface area contributed by atoms with Crippen LogP contribution in [-0.4, -0.2) is 16.5 Å². The number of aliphatic hydroxyl groups is 1. The monoisotopic (exact) mass is 314 g/mol. The average molecular weight is 314 g/mol. The molecular formula is C21H30O2. The number of fused-ring (bicyclic) bond motifs is 5. The summed E-state index contributed by atoms with van der Waals surface area (Å²) in [4.78, 5) is 11.8.